The van der Waals surface area contributed by atoms with Crippen LogP contribution in [0.5, 0.6) is 0 Å². The van der Waals surface area contributed by atoms with Gasteiger partial charge in [0.25, 0.3) is 6.43 Å². The van der Waals surface area contributed by atoms with Crippen molar-refractivity contribution in [1.82, 2.24) is 14.8 Å². The Morgan fingerprint density at radius 3 is 2.44 bits per heavy atom. The predicted octanol–water partition coefficient (Wildman–Crippen LogP) is 2.77. The summed E-state index contributed by atoms with van der Waals surface area (Å²) in [6.45, 7) is 0. The van der Waals surface area contributed by atoms with E-state index in [0.717, 1.165) is 4.68 Å². The summed E-state index contributed by atoms with van der Waals surface area (Å²) in [6, 6.07) is 2.88. The van der Waals surface area contributed by atoms with Crippen LogP contribution in [0.3, 0.4) is 0 Å². The van der Waals surface area contributed by atoms with Crippen molar-refractivity contribution in [3.63, 3.8) is 0 Å². The Bertz CT molecular complexity index is 588. The molecule has 0 aliphatic carbocycles. The van der Waals surface area contributed by atoms with Crippen molar-refractivity contribution in [2.75, 3.05) is 0 Å². The first kappa shape index (κ1) is 12.4. The van der Waals surface area contributed by atoms with Gasteiger partial charge in [-0.2, -0.15) is 5.10 Å². The molecule has 0 fully saturated rings. The molecular formula is C9H5ClF2N4O2. The standard InChI is InChI=1S/C9H5ClF2N4O2/c10-8-7(16(17)18)6(9(11)12)14-15(8)5-1-3-13-4-2-5/h1-4,9H. The summed E-state index contributed by atoms with van der Waals surface area (Å²) in [4.78, 5) is 13.5. The lowest BCUT2D eigenvalue weighted by molar-refractivity contribution is -0.386. The molecule has 0 aliphatic heterocycles. The number of hydrogen-bond donors (Lipinski definition) is 0. The lowest BCUT2D eigenvalue weighted by atomic mass is 10.4. The third kappa shape index (κ3) is 2.02. The Morgan fingerprint density at radius 1 is 1.39 bits per heavy atom. The van der Waals surface area contributed by atoms with Crippen molar-refractivity contribution in [3.05, 3.63) is 45.5 Å². The van der Waals surface area contributed by atoms with E-state index in [1.165, 1.54) is 24.5 Å². The van der Waals surface area contributed by atoms with Gasteiger partial charge in [-0.05, 0) is 12.1 Å². The van der Waals surface area contributed by atoms with E-state index in [9.17, 15) is 18.9 Å². The third-order valence-electron chi connectivity index (χ3n) is 2.13. The molecule has 6 nitrogen and oxygen atoms in total. The van der Waals surface area contributed by atoms with E-state index in [0.29, 0.717) is 5.69 Å². The quantitative estimate of drug-likeness (QED) is 0.637. The molecule has 0 bridgehead atoms. The Labute approximate surface area is 104 Å². The first-order valence-electron chi connectivity index (χ1n) is 4.63. The largest absolute Gasteiger partial charge is 0.335 e. The minimum absolute atomic E-state index is 0.310. The van der Waals surface area contributed by atoms with Gasteiger partial charge in [0.1, 0.15) is 0 Å². The second-order valence-electron chi connectivity index (χ2n) is 3.20. The molecule has 0 radical (unpaired) electrons. The normalized spacial score (nSPS) is 10.9. The van der Waals surface area contributed by atoms with Gasteiger partial charge in [0.05, 0.1) is 10.6 Å². The van der Waals surface area contributed by atoms with E-state index in [4.69, 9.17) is 11.6 Å². The van der Waals surface area contributed by atoms with Crippen molar-refractivity contribution in [3.8, 4) is 5.69 Å². The second kappa shape index (κ2) is 4.65. The van der Waals surface area contributed by atoms with Gasteiger partial charge in [-0.25, -0.2) is 13.5 Å². The number of halogens is 3. The topological polar surface area (TPSA) is 73.8 Å². The average molecular weight is 275 g/mol. The molecule has 18 heavy (non-hydrogen) atoms. The number of aromatic nitrogens is 3. The summed E-state index contributed by atoms with van der Waals surface area (Å²) in [5, 5.41) is 13.7. The Hall–Kier alpha value is -2.09. The molecule has 0 aliphatic rings. The monoisotopic (exact) mass is 274 g/mol. The summed E-state index contributed by atoms with van der Waals surface area (Å²) >= 11 is 5.71. The fraction of sp³-hybridized carbons (Fsp3) is 0.111. The molecule has 2 heterocycles. The van der Waals surface area contributed by atoms with E-state index < -0.39 is 27.9 Å². The Balaban J connectivity index is 2.64. The van der Waals surface area contributed by atoms with Crippen LogP contribution >= 0.6 is 11.6 Å². The van der Waals surface area contributed by atoms with Gasteiger partial charge in [0.15, 0.2) is 0 Å². The smallest absolute Gasteiger partial charge is 0.265 e. The van der Waals surface area contributed by atoms with Gasteiger partial charge in [-0.15, -0.1) is 0 Å². The van der Waals surface area contributed by atoms with Gasteiger partial charge in [-0.1, -0.05) is 11.6 Å². The molecule has 0 spiro atoms. The van der Waals surface area contributed by atoms with Crippen molar-refractivity contribution in [2.45, 2.75) is 6.43 Å². The molecule has 2 aromatic rings. The van der Waals surface area contributed by atoms with Crippen molar-refractivity contribution >= 4 is 17.3 Å². The lowest BCUT2D eigenvalue weighted by Crippen LogP contribution is -1.97. The van der Waals surface area contributed by atoms with Gasteiger partial charge in [-0.3, -0.25) is 15.1 Å². The molecule has 0 amide bonds. The van der Waals surface area contributed by atoms with Crippen LogP contribution in [0.1, 0.15) is 12.1 Å². The van der Waals surface area contributed by atoms with Crippen LogP contribution in [0, 0.1) is 10.1 Å². The van der Waals surface area contributed by atoms with Crippen LogP contribution < -0.4 is 0 Å². The third-order valence-corrected chi connectivity index (χ3v) is 2.47. The van der Waals surface area contributed by atoms with Crippen molar-refractivity contribution in [1.29, 1.82) is 0 Å². The maximum Gasteiger partial charge on any atom is 0.335 e. The summed E-state index contributed by atoms with van der Waals surface area (Å²) in [6.07, 6.45) is -0.298. The van der Waals surface area contributed by atoms with E-state index >= 15 is 0 Å². The minimum atomic E-state index is -3.08. The van der Waals surface area contributed by atoms with E-state index in [2.05, 4.69) is 10.1 Å². The lowest BCUT2D eigenvalue weighted by Gasteiger charge is -2.00. The molecule has 0 aromatic carbocycles. The highest BCUT2D eigenvalue weighted by atomic mass is 35.5. The molecule has 9 heteroatoms. The number of alkyl halides is 2. The molecule has 2 aromatic heterocycles. The number of hydrogen-bond acceptors (Lipinski definition) is 4. The SMILES string of the molecule is O=[N+]([O-])c1c(C(F)F)nn(-c2ccncc2)c1Cl. The molecule has 0 saturated heterocycles. The zero-order chi connectivity index (χ0) is 13.3. The van der Waals surface area contributed by atoms with Crippen molar-refractivity contribution in [2.24, 2.45) is 0 Å². The van der Waals surface area contributed by atoms with Gasteiger partial charge >= 0.3 is 5.69 Å². The van der Waals surface area contributed by atoms with Crippen LogP contribution in [-0.2, 0) is 0 Å². The van der Waals surface area contributed by atoms with E-state index in [1.54, 1.807) is 0 Å². The van der Waals surface area contributed by atoms with Gasteiger partial charge in [0, 0.05) is 12.4 Å². The minimum Gasteiger partial charge on any atom is -0.265 e. The predicted molar refractivity (Wildman–Crippen MR) is 58.0 cm³/mol. The van der Waals surface area contributed by atoms with Crippen LogP contribution in [0.25, 0.3) is 5.69 Å². The Kier molecular flexibility index (Phi) is 3.19. The van der Waals surface area contributed by atoms with Crippen LogP contribution in [-0.4, -0.2) is 19.7 Å². The van der Waals surface area contributed by atoms with Crippen LogP contribution in [0.4, 0.5) is 14.5 Å². The number of pyridine rings is 1. The Morgan fingerprint density at radius 2 is 2.00 bits per heavy atom. The fourth-order valence-corrected chi connectivity index (χ4v) is 1.68. The fourth-order valence-electron chi connectivity index (χ4n) is 1.38. The second-order valence-corrected chi connectivity index (χ2v) is 3.56. The maximum absolute atomic E-state index is 12.6. The number of nitrogens with zero attached hydrogens (tertiary/aromatic N) is 4. The summed E-state index contributed by atoms with van der Waals surface area (Å²) in [5.41, 5.74) is -1.53. The summed E-state index contributed by atoms with van der Waals surface area (Å²) < 4.78 is 26.2. The van der Waals surface area contributed by atoms with Crippen LogP contribution in [0.15, 0.2) is 24.5 Å². The summed E-state index contributed by atoms with van der Waals surface area (Å²) in [7, 11) is 0. The molecule has 94 valence electrons. The first-order chi connectivity index (χ1) is 8.52. The zero-order valence-electron chi connectivity index (χ0n) is 8.63. The maximum atomic E-state index is 12.6. The van der Waals surface area contributed by atoms with Gasteiger partial charge in [0.2, 0.25) is 10.8 Å². The number of nitro groups is 1. The molecule has 0 N–H and O–H groups in total. The highest BCUT2D eigenvalue weighted by Gasteiger charge is 2.32. The summed E-state index contributed by atoms with van der Waals surface area (Å²) in [5.74, 6) is 0. The van der Waals surface area contributed by atoms with Crippen LogP contribution in [0.2, 0.25) is 5.15 Å². The average Bonchev–Trinajstić information content (AvgIpc) is 2.68. The molecule has 0 unspecified atom stereocenters. The highest BCUT2D eigenvalue weighted by Crippen LogP contribution is 2.35. The first-order valence-corrected chi connectivity index (χ1v) is 5.01. The molecule has 0 saturated carbocycles. The highest BCUT2D eigenvalue weighted by molar-refractivity contribution is 6.32. The number of rotatable bonds is 3. The zero-order valence-corrected chi connectivity index (χ0v) is 9.38. The van der Waals surface area contributed by atoms with Crippen molar-refractivity contribution < 1.29 is 13.7 Å². The van der Waals surface area contributed by atoms with E-state index in [-0.39, 0.29) is 0 Å². The molecule has 0 atom stereocenters. The molecule has 2 rings (SSSR count). The van der Waals surface area contributed by atoms with Gasteiger partial charge < -0.3 is 0 Å². The molecular weight excluding hydrogens is 270 g/mol. The van der Waals surface area contributed by atoms with E-state index in [1.807, 2.05) is 0 Å².